The summed E-state index contributed by atoms with van der Waals surface area (Å²) >= 11 is 1.26. The number of anilines is 1. The average molecular weight is 580 g/mol. The Morgan fingerprint density at radius 1 is 1.10 bits per heavy atom. The molecule has 0 saturated heterocycles. The van der Waals surface area contributed by atoms with Gasteiger partial charge in [0.05, 0.1) is 35.6 Å². The predicted molar refractivity (Wildman–Crippen MR) is 164 cm³/mol. The number of allylic oxidation sites excluding steroid dienone is 1. The van der Waals surface area contributed by atoms with Crippen LogP contribution < -0.4 is 34.4 Å². The van der Waals surface area contributed by atoms with Gasteiger partial charge in [-0.15, -0.1) is 6.42 Å². The van der Waals surface area contributed by atoms with Crippen molar-refractivity contribution in [2.24, 2.45) is 4.99 Å². The third-order valence-electron chi connectivity index (χ3n) is 6.61. The lowest BCUT2D eigenvalue weighted by Gasteiger charge is -2.25. The molecule has 0 aliphatic carbocycles. The van der Waals surface area contributed by atoms with Gasteiger partial charge in [-0.2, -0.15) is 0 Å². The molecule has 8 nitrogen and oxygen atoms in total. The fourth-order valence-electron chi connectivity index (χ4n) is 4.71. The quantitative estimate of drug-likeness (QED) is 0.299. The Morgan fingerprint density at radius 2 is 1.86 bits per heavy atom. The lowest BCUT2D eigenvalue weighted by molar-refractivity contribution is -0.113. The number of nitrogens with one attached hydrogen (secondary N) is 1. The molecule has 1 atom stereocenters. The second-order valence-electron chi connectivity index (χ2n) is 9.31. The summed E-state index contributed by atoms with van der Waals surface area (Å²) in [6.45, 7) is 4.22. The van der Waals surface area contributed by atoms with Gasteiger partial charge in [-0.05, 0) is 67.4 Å². The number of terminal acetylenes is 1. The van der Waals surface area contributed by atoms with E-state index in [1.165, 1.54) is 11.3 Å². The van der Waals surface area contributed by atoms with Gasteiger partial charge in [-0.25, -0.2) is 4.99 Å². The summed E-state index contributed by atoms with van der Waals surface area (Å²) in [5.41, 5.74) is 2.80. The summed E-state index contributed by atoms with van der Waals surface area (Å²) in [6, 6.07) is 21.2. The van der Waals surface area contributed by atoms with E-state index in [0.29, 0.717) is 50.1 Å². The van der Waals surface area contributed by atoms with Crippen molar-refractivity contribution in [1.82, 2.24) is 4.57 Å². The van der Waals surface area contributed by atoms with E-state index in [-0.39, 0.29) is 18.1 Å². The number of methoxy groups -OCH3 is 1. The molecular weight excluding hydrogens is 550 g/mol. The Labute approximate surface area is 247 Å². The van der Waals surface area contributed by atoms with Crippen LogP contribution in [0, 0.1) is 12.3 Å². The molecule has 0 radical (unpaired) electrons. The smallest absolute Gasteiger partial charge is 0.271 e. The van der Waals surface area contributed by atoms with E-state index in [1.54, 1.807) is 36.8 Å². The molecule has 0 saturated carbocycles. The topological polar surface area (TPSA) is 91.2 Å². The molecule has 1 amide bonds. The highest BCUT2D eigenvalue weighted by Crippen LogP contribution is 2.32. The van der Waals surface area contributed by atoms with E-state index in [4.69, 9.17) is 25.6 Å². The van der Waals surface area contributed by atoms with Crippen LogP contribution in [0.25, 0.3) is 6.08 Å². The van der Waals surface area contributed by atoms with Gasteiger partial charge in [0.25, 0.3) is 11.5 Å². The van der Waals surface area contributed by atoms with Gasteiger partial charge in [0.1, 0.15) is 12.4 Å². The van der Waals surface area contributed by atoms with Crippen LogP contribution in [0.4, 0.5) is 5.69 Å². The molecule has 3 aromatic carbocycles. The minimum Gasteiger partial charge on any atom is -0.497 e. The molecule has 0 fully saturated rings. The number of amides is 1. The second kappa shape index (κ2) is 12.6. The second-order valence-corrected chi connectivity index (χ2v) is 10.3. The van der Waals surface area contributed by atoms with Gasteiger partial charge in [-0.3, -0.25) is 14.2 Å². The SMILES string of the molecule is C#CCOc1ccc(/C=c2/sc3n(c2=O)[C@@H](c2ccc(OC)cc2)C(C(=O)Nc2ccccc2)=C(C)N=3)cc1OCC. The van der Waals surface area contributed by atoms with Gasteiger partial charge in [-0.1, -0.05) is 53.7 Å². The number of rotatable bonds is 9. The van der Waals surface area contributed by atoms with Gasteiger partial charge < -0.3 is 19.5 Å². The van der Waals surface area contributed by atoms with E-state index < -0.39 is 6.04 Å². The van der Waals surface area contributed by atoms with Crippen molar-refractivity contribution in [3.8, 4) is 29.6 Å². The number of ether oxygens (including phenoxy) is 3. The summed E-state index contributed by atoms with van der Waals surface area (Å²) in [7, 11) is 1.59. The highest BCUT2D eigenvalue weighted by atomic mass is 32.1. The molecule has 0 unspecified atom stereocenters. The maximum absolute atomic E-state index is 14.0. The molecular formula is C33H29N3O5S. The van der Waals surface area contributed by atoms with Gasteiger partial charge in [0, 0.05) is 5.69 Å². The summed E-state index contributed by atoms with van der Waals surface area (Å²) in [6.07, 6.45) is 7.12. The third-order valence-corrected chi connectivity index (χ3v) is 7.59. The summed E-state index contributed by atoms with van der Waals surface area (Å²) in [5, 5.41) is 2.96. The first-order chi connectivity index (χ1) is 20.4. The predicted octanol–water partition coefficient (Wildman–Crippen LogP) is 4.29. The maximum atomic E-state index is 14.0. The van der Waals surface area contributed by atoms with Crippen molar-refractivity contribution in [1.29, 1.82) is 0 Å². The number of carbonyl (C=O) groups excluding carboxylic acids is 1. The van der Waals surface area contributed by atoms with Crippen molar-refractivity contribution >= 4 is 29.0 Å². The fraction of sp³-hybridized carbons (Fsp3) is 0.182. The van der Waals surface area contributed by atoms with E-state index in [9.17, 15) is 9.59 Å². The van der Waals surface area contributed by atoms with Crippen LogP contribution in [-0.2, 0) is 4.79 Å². The van der Waals surface area contributed by atoms with Crippen molar-refractivity contribution in [2.45, 2.75) is 19.9 Å². The number of carbonyl (C=O) groups is 1. The Kier molecular flexibility index (Phi) is 8.55. The van der Waals surface area contributed by atoms with Crippen molar-refractivity contribution in [3.63, 3.8) is 0 Å². The zero-order chi connectivity index (χ0) is 29.6. The largest absolute Gasteiger partial charge is 0.497 e. The summed E-state index contributed by atoms with van der Waals surface area (Å²) < 4.78 is 18.7. The van der Waals surface area contributed by atoms with Gasteiger partial charge in [0.2, 0.25) is 0 Å². The first-order valence-electron chi connectivity index (χ1n) is 13.3. The van der Waals surface area contributed by atoms with Crippen LogP contribution in [0.1, 0.15) is 31.0 Å². The number of para-hydroxylation sites is 1. The number of aromatic nitrogens is 1. The minimum atomic E-state index is -0.698. The van der Waals surface area contributed by atoms with E-state index in [1.807, 2.05) is 67.6 Å². The van der Waals surface area contributed by atoms with Crippen LogP contribution in [0.15, 0.2) is 93.9 Å². The zero-order valence-corrected chi connectivity index (χ0v) is 24.2. The monoisotopic (exact) mass is 579 g/mol. The molecule has 1 aliphatic heterocycles. The summed E-state index contributed by atoms with van der Waals surface area (Å²) in [5.74, 6) is 3.84. The first kappa shape index (κ1) is 28.5. The average Bonchev–Trinajstić information content (AvgIpc) is 3.30. The molecule has 0 spiro atoms. The molecule has 4 aromatic rings. The number of nitrogens with zero attached hydrogens (tertiary/aromatic N) is 2. The molecule has 1 aliphatic rings. The van der Waals surface area contributed by atoms with Crippen LogP contribution >= 0.6 is 11.3 Å². The molecule has 1 N–H and O–H groups in total. The van der Waals surface area contributed by atoms with Crippen LogP contribution in [0.3, 0.4) is 0 Å². The van der Waals surface area contributed by atoms with Crippen molar-refractivity contribution in [3.05, 3.63) is 115 Å². The molecule has 42 heavy (non-hydrogen) atoms. The number of fused-ring (bicyclic) bond motifs is 1. The van der Waals surface area contributed by atoms with E-state index in [2.05, 4.69) is 11.2 Å². The Hall–Kier alpha value is -5.07. The van der Waals surface area contributed by atoms with Gasteiger partial charge >= 0.3 is 0 Å². The Balaban J connectivity index is 1.62. The van der Waals surface area contributed by atoms with Crippen LogP contribution in [0.2, 0.25) is 0 Å². The minimum absolute atomic E-state index is 0.114. The molecule has 0 bridgehead atoms. The fourth-order valence-corrected chi connectivity index (χ4v) is 5.75. The molecule has 1 aromatic heterocycles. The van der Waals surface area contributed by atoms with Crippen molar-refractivity contribution in [2.75, 3.05) is 25.6 Å². The Bertz CT molecular complexity index is 1870. The number of hydrogen-bond acceptors (Lipinski definition) is 7. The summed E-state index contributed by atoms with van der Waals surface area (Å²) in [4.78, 5) is 32.9. The number of thiazole rings is 1. The lowest BCUT2D eigenvalue weighted by Crippen LogP contribution is -2.40. The third kappa shape index (κ3) is 5.85. The van der Waals surface area contributed by atoms with Crippen molar-refractivity contribution < 1.29 is 19.0 Å². The van der Waals surface area contributed by atoms with E-state index in [0.717, 1.165) is 11.1 Å². The first-order valence-corrected chi connectivity index (χ1v) is 14.1. The highest BCUT2D eigenvalue weighted by Gasteiger charge is 2.32. The van der Waals surface area contributed by atoms with E-state index >= 15 is 0 Å². The molecule has 212 valence electrons. The highest BCUT2D eigenvalue weighted by molar-refractivity contribution is 7.07. The van der Waals surface area contributed by atoms with Crippen LogP contribution in [0.5, 0.6) is 17.2 Å². The zero-order valence-electron chi connectivity index (χ0n) is 23.4. The Morgan fingerprint density at radius 3 is 2.55 bits per heavy atom. The molecule has 9 heteroatoms. The normalized spacial score (nSPS) is 14.4. The molecule has 2 heterocycles. The lowest BCUT2D eigenvalue weighted by atomic mass is 9.95. The van der Waals surface area contributed by atoms with Gasteiger partial charge in [0.15, 0.2) is 16.3 Å². The number of benzene rings is 3. The molecule has 5 rings (SSSR count). The van der Waals surface area contributed by atoms with Crippen LogP contribution in [-0.4, -0.2) is 30.8 Å². The number of hydrogen-bond donors (Lipinski definition) is 1. The standard InChI is InChI=1S/C33H29N3O5S/c1-5-18-41-26-17-12-22(19-27(26)40-6-2)20-28-32(38)36-30(23-13-15-25(39-4)16-14-23)29(21(3)34-33(36)42-28)31(37)35-24-10-8-7-9-11-24/h1,7-17,19-20,30H,6,18H2,2-4H3,(H,35,37)/b28-20+/t30-/m0/s1. The maximum Gasteiger partial charge on any atom is 0.271 e.